The molecule has 0 bridgehead atoms. The molecule has 2 heterocycles. The number of primary sulfonamides is 1. The maximum absolute atomic E-state index is 11.8. The zero-order chi connectivity index (χ0) is 16.0. The van der Waals surface area contributed by atoms with Crippen LogP contribution in [0.4, 0.5) is 0 Å². The Bertz CT molecular complexity index is 680. The summed E-state index contributed by atoms with van der Waals surface area (Å²) in [7, 11) is -1.51. The molecule has 0 amide bonds. The van der Waals surface area contributed by atoms with Crippen LogP contribution in [-0.4, -0.2) is 39.5 Å². The van der Waals surface area contributed by atoms with Crippen molar-refractivity contribution in [2.45, 2.75) is 49.1 Å². The Labute approximate surface area is 145 Å². The van der Waals surface area contributed by atoms with Crippen LogP contribution in [0, 0.1) is 0 Å². The van der Waals surface area contributed by atoms with Crippen molar-refractivity contribution in [1.29, 1.82) is 0 Å². The number of nitrogens with zero attached hydrogens (tertiary/aromatic N) is 1. The molecule has 0 saturated carbocycles. The fourth-order valence-electron chi connectivity index (χ4n) is 4.26. The molecule has 1 fully saturated rings. The highest BCUT2D eigenvalue weighted by Crippen LogP contribution is 2.41. The molecule has 0 radical (unpaired) electrons. The SMILES string of the molecule is CCC1(C2CCCN2C)NCCc2ccc(S(N)(=O)=O)cc21.Cl. The summed E-state index contributed by atoms with van der Waals surface area (Å²) in [6.07, 6.45) is 4.19. The molecule has 2 aliphatic rings. The number of rotatable bonds is 3. The van der Waals surface area contributed by atoms with E-state index in [2.05, 4.69) is 24.2 Å². The van der Waals surface area contributed by atoms with E-state index in [1.54, 1.807) is 12.1 Å². The highest BCUT2D eigenvalue weighted by atomic mass is 35.5. The van der Waals surface area contributed by atoms with Gasteiger partial charge < -0.3 is 10.2 Å². The average molecular weight is 360 g/mol. The van der Waals surface area contributed by atoms with E-state index in [-0.39, 0.29) is 22.8 Å². The first kappa shape index (κ1) is 18.7. The third-order valence-corrected chi connectivity index (χ3v) is 6.28. The van der Waals surface area contributed by atoms with E-state index < -0.39 is 10.0 Å². The van der Waals surface area contributed by atoms with Gasteiger partial charge in [-0.1, -0.05) is 13.0 Å². The maximum Gasteiger partial charge on any atom is 0.238 e. The molecule has 2 atom stereocenters. The minimum atomic E-state index is -3.67. The van der Waals surface area contributed by atoms with Crippen LogP contribution < -0.4 is 10.5 Å². The highest BCUT2D eigenvalue weighted by molar-refractivity contribution is 7.89. The van der Waals surface area contributed by atoms with E-state index in [0.717, 1.165) is 37.9 Å². The molecule has 130 valence electrons. The van der Waals surface area contributed by atoms with Gasteiger partial charge in [0.1, 0.15) is 0 Å². The average Bonchev–Trinajstić information content (AvgIpc) is 2.91. The van der Waals surface area contributed by atoms with Gasteiger partial charge in [0.05, 0.1) is 10.4 Å². The predicted octanol–water partition coefficient (Wildman–Crippen LogP) is 1.60. The smallest absolute Gasteiger partial charge is 0.238 e. The van der Waals surface area contributed by atoms with Crippen molar-refractivity contribution in [3.05, 3.63) is 29.3 Å². The molecule has 3 rings (SSSR count). The van der Waals surface area contributed by atoms with Gasteiger partial charge in [0.25, 0.3) is 0 Å². The molecule has 1 saturated heterocycles. The molecular formula is C16H26ClN3O2S. The van der Waals surface area contributed by atoms with Gasteiger partial charge in [0.15, 0.2) is 0 Å². The summed E-state index contributed by atoms with van der Waals surface area (Å²) in [5, 5.41) is 9.05. The van der Waals surface area contributed by atoms with E-state index in [1.165, 1.54) is 12.0 Å². The molecule has 3 N–H and O–H groups in total. The van der Waals surface area contributed by atoms with Crippen LogP contribution in [0.1, 0.15) is 37.3 Å². The lowest BCUT2D eigenvalue weighted by molar-refractivity contribution is 0.140. The topological polar surface area (TPSA) is 75.4 Å². The second kappa shape index (κ2) is 6.69. The Morgan fingerprint density at radius 2 is 2.17 bits per heavy atom. The van der Waals surface area contributed by atoms with Crippen molar-refractivity contribution in [2.24, 2.45) is 5.14 Å². The number of likely N-dealkylation sites (N-methyl/N-ethyl adjacent to an activating group) is 1. The fourth-order valence-corrected chi connectivity index (χ4v) is 4.80. The van der Waals surface area contributed by atoms with E-state index in [4.69, 9.17) is 5.14 Å². The van der Waals surface area contributed by atoms with E-state index in [1.807, 2.05) is 6.07 Å². The maximum atomic E-state index is 11.8. The molecule has 1 aromatic carbocycles. The van der Waals surface area contributed by atoms with E-state index in [9.17, 15) is 8.42 Å². The third kappa shape index (κ3) is 3.15. The fraction of sp³-hybridized carbons (Fsp3) is 0.625. The molecule has 1 aromatic rings. The number of nitrogens with two attached hydrogens (primary N) is 1. The normalized spacial score (nSPS) is 28.2. The number of hydrogen-bond acceptors (Lipinski definition) is 4. The van der Waals surface area contributed by atoms with Gasteiger partial charge in [-0.25, -0.2) is 13.6 Å². The van der Waals surface area contributed by atoms with Crippen LogP contribution in [0.5, 0.6) is 0 Å². The van der Waals surface area contributed by atoms with Crippen LogP contribution in [0.3, 0.4) is 0 Å². The second-order valence-corrected chi connectivity index (χ2v) is 8.07. The van der Waals surface area contributed by atoms with Gasteiger partial charge in [-0.2, -0.15) is 0 Å². The van der Waals surface area contributed by atoms with Crippen molar-refractivity contribution in [1.82, 2.24) is 10.2 Å². The van der Waals surface area contributed by atoms with Crippen molar-refractivity contribution in [3.63, 3.8) is 0 Å². The first-order chi connectivity index (χ1) is 10.4. The Hall–Kier alpha value is -0.660. The van der Waals surface area contributed by atoms with Gasteiger partial charge in [-0.05, 0) is 62.5 Å². The Morgan fingerprint density at radius 3 is 2.74 bits per heavy atom. The molecule has 23 heavy (non-hydrogen) atoms. The molecule has 0 aromatic heterocycles. The standard InChI is InChI=1S/C16H25N3O2S.ClH/c1-3-16(15-5-4-10-19(15)2)14-11-13(22(17,20)21)7-6-12(14)8-9-18-16;/h6-7,11,15,18H,3-5,8-10H2,1-2H3,(H2,17,20,21);1H. The quantitative estimate of drug-likeness (QED) is 0.859. The van der Waals surface area contributed by atoms with Gasteiger partial charge in [0.2, 0.25) is 10.0 Å². The summed E-state index contributed by atoms with van der Waals surface area (Å²) in [6, 6.07) is 5.77. The van der Waals surface area contributed by atoms with Crippen LogP contribution in [0.25, 0.3) is 0 Å². The van der Waals surface area contributed by atoms with Gasteiger partial charge in [0, 0.05) is 12.6 Å². The van der Waals surface area contributed by atoms with Gasteiger partial charge in [-0.15, -0.1) is 12.4 Å². The monoisotopic (exact) mass is 359 g/mol. The lowest BCUT2D eigenvalue weighted by atomic mass is 9.74. The first-order valence-corrected chi connectivity index (χ1v) is 9.54. The zero-order valence-electron chi connectivity index (χ0n) is 13.7. The lowest BCUT2D eigenvalue weighted by Crippen LogP contribution is -2.58. The van der Waals surface area contributed by atoms with Crippen LogP contribution in [0.2, 0.25) is 0 Å². The van der Waals surface area contributed by atoms with Crippen molar-refractivity contribution in [3.8, 4) is 0 Å². The number of benzene rings is 1. The third-order valence-electron chi connectivity index (χ3n) is 5.37. The Balaban J connectivity index is 0.00000192. The van der Waals surface area contributed by atoms with Crippen LogP contribution in [0.15, 0.2) is 23.1 Å². The number of fused-ring (bicyclic) bond motifs is 1. The summed E-state index contributed by atoms with van der Waals surface area (Å²) in [5.74, 6) is 0. The van der Waals surface area contributed by atoms with Crippen LogP contribution >= 0.6 is 12.4 Å². The largest absolute Gasteiger partial charge is 0.306 e. The minimum absolute atomic E-state index is 0. The second-order valence-electron chi connectivity index (χ2n) is 6.50. The van der Waals surface area contributed by atoms with Crippen molar-refractivity contribution < 1.29 is 8.42 Å². The van der Waals surface area contributed by atoms with E-state index in [0.29, 0.717) is 6.04 Å². The summed E-state index contributed by atoms with van der Waals surface area (Å²) < 4.78 is 23.5. The van der Waals surface area contributed by atoms with Gasteiger partial charge >= 0.3 is 0 Å². The summed E-state index contributed by atoms with van der Waals surface area (Å²) >= 11 is 0. The number of likely N-dealkylation sites (tertiary alicyclic amines) is 1. The van der Waals surface area contributed by atoms with Crippen molar-refractivity contribution in [2.75, 3.05) is 20.1 Å². The molecular weight excluding hydrogens is 334 g/mol. The summed E-state index contributed by atoms with van der Waals surface area (Å²) in [5.41, 5.74) is 2.18. The molecule has 2 unspecified atom stereocenters. The zero-order valence-corrected chi connectivity index (χ0v) is 15.3. The summed E-state index contributed by atoms with van der Waals surface area (Å²) in [6.45, 7) is 4.20. The molecule has 7 heteroatoms. The number of sulfonamides is 1. The van der Waals surface area contributed by atoms with E-state index >= 15 is 0 Å². The Kier molecular flexibility index (Phi) is 5.43. The number of halogens is 1. The number of nitrogens with one attached hydrogen (secondary N) is 1. The summed E-state index contributed by atoms with van der Waals surface area (Å²) in [4.78, 5) is 2.61. The molecule has 5 nitrogen and oxygen atoms in total. The van der Waals surface area contributed by atoms with Crippen LogP contribution in [-0.2, 0) is 22.0 Å². The predicted molar refractivity (Wildman–Crippen MR) is 94.4 cm³/mol. The molecule has 0 aliphatic carbocycles. The molecule has 0 spiro atoms. The minimum Gasteiger partial charge on any atom is -0.306 e. The van der Waals surface area contributed by atoms with Crippen molar-refractivity contribution >= 4 is 22.4 Å². The number of hydrogen-bond donors (Lipinski definition) is 2. The Morgan fingerprint density at radius 1 is 1.43 bits per heavy atom. The molecule has 2 aliphatic heterocycles. The highest BCUT2D eigenvalue weighted by Gasteiger charge is 2.45. The first-order valence-electron chi connectivity index (χ1n) is 8.00. The van der Waals surface area contributed by atoms with Gasteiger partial charge in [-0.3, -0.25) is 0 Å². The lowest BCUT2D eigenvalue weighted by Gasteiger charge is -2.46.